The third kappa shape index (κ3) is 8.91. The zero-order valence-corrected chi connectivity index (χ0v) is 48.7. The van der Waals surface area contributed by atoms with Crippen molar-refractivity contribution in [3.8, 4) is 84.6 Å². The van der Waals surface area contributed by atoms with Crippen LogP contribution in [-0.2, 0) is 0 Å². The summed E-state index contributed by atoms with van der Waals surface area (Å²) in [6.45, 7) is 2.22. The molecule has 2 aliphatic heterocycles. The fourth-order valence-corrected chi connectivity index (χ4v) is 13.6. The first-order valence-corrected chi connectivity index (χ1v) is 30.3. The van der Waals surface area contributed by atoms with Crippen molar-refractivity contribution in [2.45, 2.75) is 6.92 Å². The lowest BCUT2D eigenvalue weighted by Gasteiger charge is -2.44. The topological polar surface area (TPSA) is 63.0 Å². The van der Waals surface area contributed by atoms with Crippen molar-refractivity contribution >= 4 is 79.0 Å². The number of aryl methyl sites for hydroxylation is 1. The molecule has 2 aliphatic rings. The molecule has 15 aromatic rings. The zero-order valence-electron chi connectivity index (χ0n) is 48.7. The minimum atomic E-state index is 0.0540. The van der Waals surface area contributed by atoms with Crippen LogP contribution in [0.3, 0.4) is 0 Å². The molecule has 0 fully saturated rings. The molecule has 0 saturated heterocycles. The molecule has 416 valence electrons. The van der Waals surface area contributed by atoms with Gasteiger partial charge in [0.15, 0.2) is 11.6 Å². The van der Waals surface area contributed by atoms with E-state index in [1.165, 1.54) is 55.5 Å². The quantitative estimate of drug-likeness (QED) is 0.127. The standard InChI is InChI=1S/C81H54BN7/c1-53-43-45-73-64(47-53)63-35-14-17-38-72(63)89(73)74-46-44-59(70-51-68(54-23-6-2-7-24-54)83-80(85-70)56-27-10-4-11-28-56)50-65(74)71-52-69(55-25-8-3-9-26-55)84-81(86-71)60-31-20-29-57(48-60)58-30-21-34-62(49-58)88-76-40-19-16-37-67(76)82-66-36-15-18-39-75(66)87(61-32-12-5-13-33-61)77-41-22-42-78(88)79(77)82/h2-52H,1H3. The van der Waals surface area contributed by atoms with E-state index in [-0.39, 0.29) is 6.71 Å². The fourth-order valence-electron chi connectivity index (χ4n) is 13.6. The van der Waals surface area contributed by atoms with E-state index in [1.54, 1.807) is 0 Å². The second-order valence-corrected chi connectivity index (χ2v) is 23.0. The largest absolute Gasteiger partial charge is 0.311 e. The van der Waals surface area contributed by atoms with Crippen LogP contribution in [0, 0.1) is 6.92 Å². The smallest absolute Gasteiger partial charge is 0.252 e. The number of benzene rings is 12. The van der Waals surface area contributed by atoms with Gasteiger partial charge >= 0.3 is 0 Å². The van der Waals surface area contributed by atoms with E-state index in [0.29, 0.717) is 11.6 Å². The Balaban J connectivity index is 0.832. The summed E-state index contributed by atoms with van der Waals surface area (Å²) in [5, 5.41) is 2.38. The molecule has 0 atom stereocenters. The second-order valence-electron chi connectivity index (χ2n) is 23.0. The summed E-state index contributed by atoms with van der Waals surface area (Å²) >= 11 is 0. The number of hydrogen-bond acceptors (Lipinski definition) is 6. The Morgan fingerprint density at radius 1 is 0.281 bits per heavy atom. The summed E-state index contributed by atoms with van der Waals surface area (Å²) in [6, 6.07) is 111. The summed E-state index contributed by atoms with van der Waals surface area (Å²) in [4.78, 5) is 26.6. The summed E-state index contributed by atoms with van der Waals surface area (Å²) in [7, 11) is 0. The van der Waals surface area contributed by atoms with Crippen LogP contribution in [0.4, 0.5) is 34.1 Å². The Hall–Kier alpha value is -11.7. The van der Waals surface area contributed by atoms with Crippen molar-refractivity contribution < 1.29 is 0 Å². The first-order valence-electron chi connectivity index (χ1n) is 30.3. The molecule has 7 nitrogen and oxygen atoms in total. The molecule has 5 heterocycles. The Morgan fingerprint density at radius 3 is 1.44 bits per heavy atom. The van der Waals surface area contributed by atoms with Crippen molar-refractivity contribution in [3.63, 3.8) is 0 Å². The maximum atomic E-state index is 5.69. The third-order valence-electron chi connectivity index (χ3n) is 17.6. The summed E-state index contributed by atoms with van der Waals surface area (Å²) < 4.78 is 2.40. The summed E-state index contributed by atoms with van der Waals surface area (Å²) in [5.74, 6) is 1.27. The molecular weight excluding hydrogens is 1080 g/mol. The van der Waals surface area contributed by atoms with Crippen molar-refractivity contribution in [2.75, 3.05) is 9.80 Å². The Bertz CT molecular complexity index is 5180. The lowest BCUT2D eigenvalue weighted by molar-refractivity contribution is 1.15. The highest BCUT2D eigenvalue weighted by atomic mass is 15.2. The molecule has 0 radical (unpaired) electrons. The van der Waals surface area contributed by atoms with Gasteiger partial charge in [-0.2, -0.15) is 0 Å². The van der Waals surface area contributed by atoms with Gasteiger partial charge < -0.3 is 14.4 Å². The molecule has 12 aromatic carbocycles. The molecule has 0 amide bonds. The van der Waals surface area contributed by atoms with Gasteiger partial charge in [0.05, 0.1) is 39.5 Å². The van der Waals surface area contributed by atoms with Gasteiger partial charge in [0.1, 0.15) is 0 Å². The van der Waals surface area contributed by atoms with Crippen LogP contribution in [0.2, 0.25) is 0 Å². The van der Waals surface area contributed by atoms with Crippen LogP contribution in [0.15, 0.2) is 309 Å². The number of fused-ring (bicyclic) bond motifs is 7. The lowest BCUT2D eigenvalue weighted by atomic mass is 9.33. The Labute approximate surface area is 516 Å². The number of aromatic nitrogens is 5. The molecule has 17 rings (SSSR count). The van der Waals surface area contributed by atoms with E-state index in [1.807, 2.05) is 24.3 Å². The van der Waals surface area contributed by atoms with Gasteiger partial charge in [0.2, 0.25) is 0 Å². The van der Waals surface area contributed by atoms with Gasteiger partial charge in [-0.15, -0.1) is 0 Å². The number of para-hydroxylation sites is 4. The molecule has 8 heteroatoms. The Morgan fingerprint density at radius 2 is 0.753 bits per heavy atom. The summed E-state index contributed by atoms with van der Waals surface area (Å²) in [5.41, 5.74) is 26.3. The normalized spacial score (nSPS) is 12.3. The number of hydrogen-bond donors (Lipinski definition) is 0. The first kappa shape index (κ1) is 51.7. The van der Waals surface area contributed by atoms with Crippen LogP contribution in [0.5, 0.6) is 0 Å². The fraction of sp³-hybridized carbons (Fsp3) is 0.0123. The van der Waals surface area contributed by atoms with Gasteiger partial charge in [0.25, 0.3) is 6.71 Å². The maximum Gasteiger partial charge on any atom is 0.252 e. The van der Waals surface area contributed by atoms with E-state index < -0.39 is 0 Å². The van der Waals surface area contributed by atoms with Crippen molar-refractivity contribution in [3.05, 3.63) is 315 Å². The van der Waals surface area contributed by atoms with Gasteiger partial charge in [0, 0.05) is 78.3 Å². The predicted molar refractivity (Wildman–Crippen MR) is 369 cm³/mol. The highest BCUT2D eigenvalue weighted by Crippen LogP contribution is 2.46. The number of rotatable bonds is 10. The molecule has 0 aliphatic carbocycles. The SMILES string of the molecule is Cc1ccc2c(c1)c1ccccc1n2-c1ccc(-c2cc(-c3ccccc3)nc(-c3ccccc3)n2)cc1-c1cc(-c2ccccc2)nc(-c2cccc(-c3cccc(N4c5ccccc5B5c6ccccc6N(c6ccccc6)c6cccc4c65)c3)c2)n1. The lowest BCUT2D eigenvalue weighted by Crippen LogP contribution is -2.61. The molecule has 0 saturated carbocycles. The highest BCUT2D eigenvalue weighted by Gasteiger charge is 2.43. The zero-order chi connectivity index (χ0) is 58.9. The maximum absolute atomic E-state index is 5.69. The van der Waals surface area contributed by atoms with E-state index in [0.717, 1.165) is 95.4 Å². The van der Waals surface area contributed by atoms with E-state index in [4.69, 9.17) is 19.9 Å². The predicted octanol–water partition coefficient (Wildman–Crippen LogP) is 18.4. The van der Waals surface area contributed by atoms with Crippen LogP contribution >= 0.6 is 0 Å². The third-order valence-corrected chi connectivity index (χ3v) is 17.6. The van der Waals surface area contributed by atoms with Crippen molar-refractivity contribution in [1.82, 2.24) is 24.5 Å². The van der Waals surface area contributed by atoms with Crippen molar-refractivity contribution in [2.24, 2.45) is 0 Å². The molecule has 0 spiro atoms. The summed E-state index contributed by atoms with van der Waals surface area (Å²) in [6.07, 6.45) is 0. The van der Waals surface area contributed by atoms with Gasteiger partial charge in [-0.1, -0.05) is 218 Å². The van der Waals surface area contributed by atoms with Gasteiger partial charge in [-0.3, -0.25) is 0 Å². The Kier molecular flexibility index (Phi) is 12.4. The molecule has 89 heavy (non-hydrogen) atoms. The monoisotopic (exact) mass is 1140 g/mol. The minimum absolute atomic E-state index is 0.0540. The van der Waals surface area contributed by atoms with Crippen molar-refractivity contribution in [1.29, 1.82) is 0 Å². The van der Waals surface area contributed by atoms with Gasteiger partial charge in [-0.05, 0) is 132 Å². The van der Waals surface area contributed by atoms with Crippen LogP contribution in [0.25, 0.3) is 106 Å². The van der Waals surface area contributed by atoms with Crippen LogP contribution in [-0.4, -0.2) is 31.2 Å². The average Bonchev–Trinajstić information content (AvgIpc) is 1.22. The first-order chi connectivity index (χ1) is 44.0. The molecular formula is C81H54BN7. The molecule has 0 N–H and O–H groups in total. The molecule has 0 unspecified atom stereocenters. The van der Waals surface area contributed by atoms with Gasteiger partial charge in [-0.25, -0.2) is 19.9 Å². The molecule has 0 bridgehead atoms. The average molecular weight is 1140 g/mol. The number of anilines is 6. The van der Waals surface area contributed by atoms with Crippen LogP contribution in [0.1, 0.15) is 5.56 Å². The van der Waals surface area contributed by atoms with E-state index in [2.05, 4.69) is 306 Å². The van der Waals surface area contributed by atoms with Crippen LogP contribution < -0.4 is 26.2 Å². The number of nitrogens with zero attached hydrogens (tertiary/aromatic N) is 7. The molecule has 3 aromatic heterocycles. The highest BCUT2D eigenvalue weighted by molar-refractivity contribution is 7.00. The minimum Gasteiger partial charge on any atom is -0.311 e. The van der Waals surface area contributed by atoms with E-state index in [9.17, 15) is 0 Å². The second kappa shape index (κ2) is 21.3. The van der Waals surface area contributed by atoms with E-state index >= 15 is 0 Å².